The first kappa shape index (κ1) is 44.7. The average molecular weight is 851 g/mol. The quantitative estimate of drug-likeness (QED) is 0.0205. The molecule has 0 saturated heterocycles. The van der Waals surface area contributed by atoms with Gasteiger partial charge in [-0.25, -0.2) is 9.59 Å². The van der Waals surface area contributed by atoms with Crippen LogP contribution in [-0.4, -0.2) is 72.0 Å². The number of methoxy groups -OCH3 is 1. The molecular weight excluding hydrogens is 804 g/mol. The Hall–Kier alpha value is -6.36. The van der Waals surface area contributed by atoms with Crippen LogP contribution in [0.15, 0.2) is 66.4 Å². The first-order valence-corrected chi connectivity index (χ1v) is 19.9. The first-order chi connectivity index (χ1) is 29.1. The van der Waals surface area contributed by atoms with E-state index in [0.29, 0.717) is 94.4 Å². The minimum absolute atomic E-state index is 0.00734. The summed E-state index contributed by atoms with van der Waals surface area (Å²) in [5, 5.41) is 24.3. The molecule has 0 N–H and O–H groups in total. The Morgan fingerprint density at radius 3 is 2.33 bits per heavy atom. The monoisotopic (exact) mass is 850 g/mol. The van der Waals surface area contributed by atoms with Crippen LogP contribution in [0.25, 0.3) is 17.3 Å². The molecule has 2 heterocycles. The molecule has 320 valence electrons. The molecule has 3 aromatic carbocycles. The Balaban J connectivity index is 1.46. The van der Waals surface area contributed by atoms with Gasteiger partial charge in [0.1, 0.15) is 23.9 Å². The molecule has 0 aliphatic carbocycles. The van der Waals surface area contributed by atoms with Crippen molar-refractivity contribution in [3.8, 4) is 28.5 Å². The van der Waals surface area contributed by atoms with Gasteiger partial charge in [0.2, 0.25) is 0 Å². The van der Waals surface area contributed by atoms with Crippen molar-refractivity contribution < 1.29 is 53.1 Å². The number of nitrogens with zero attached hydrogens (tertiary/aromatic N) is 4. The number of unbranched alkanes of at least 4 members (excludes halogenated alkanes) is 3. The van der Waals surface area contributed by atoms with Crippen LogP contribution >= 0.6 is 11.6 Å². The van der Waals surface area contributed by atoms with Crippen molar-refractivity contribution in [1.29, 1.82) is 0 Å². The molecule has 0 amide bonds. The lowest BCUT2D eigenvalue weighted by atomic mass is 9.98. The van der Waals surface area contributed by atoms with Gasteiger partial charge in [-0.15, -0.1) is 20.2 Å². The van der Waals surface area contributed by atoms with E-state index in [-0.39, 0.29) is 39.5 Å². The Kier molecular flexibility index (Phi) is 16.9. The molecule has 4 aromatic rings. The highest BCUT2D eigenvalue weighted by molar-refractivity contribution is 6.30. The summed E-state index contributed by atoms with van der Waals surface area (Å²) in [6.07, 6.45) is 7.32. The first-order valence-electron chi connectivity index (χ1n) is 19.6. The number of halogens is 1. The van der Waals surface area contributed by atoms with Crippen molar-refractivity contribution >= 4 is 29.6 Å². The van der Waals surface area contributed by atoms with E-state index in [1.54, 1.807) is 55.8 Å². The number of benzene rings is 3. The van der Waals surface area contributed by atoms with Gasteiger partial charge in [0.25, 0.3) is 10.2 Å². The van der Waals surface area contributed by atoms with E-state index in [1.165, 1.54) is 0 Å². The van der Waals surface area contributed by atoms with Crippen molar-refractivity contribution in [3.05, 3.63) is 119 Å². The third kappa shape index (κ3) is 12.8. The maximum atomic E-state index is 13.9. The van der Waals surface area contributed by atoms with E-state index in [2.05, 4.69) is 16.6 Å². The third-order valence-corrected chi connectivity index (χ3v) is 9.65. The van der Waals surface area contributed by atoms with E-state index in [9.17, 15) is 29.8 Å². The molecule has 0 unspecified atom stereocenters. The van der Waals surface area contributed by atoms with Gasteiger partial charge in [-0.2, -0.15) is 5.10 Å². The number of hydrogen-bond donors (Lipinski definition) is 0. The van der Waals surface area contributed by atoms with Gasteiger partial charge < -0.3 is 33.4 Å². The molecule has 18 heteroatoms. The fourth-order valence-corrected chi connectivity index (χ4v) is 6.59. The van der Waals surface area contributed by atoms with Gasteiger partial charge in [0.15, 0.2) is 0 Å². The Labute approximate surface area is 351 Å². The van der Waals surface area contributed by atoms with Gasteiger partial charge in [0, 0.05) is 57.8 Å². The zero-order valence-electron chi connectivity index (χ0n) is 33.4. The Morgan fingerprint density at radius 1 is 0.900 bits per heavy atom. The molecule has 0 saturated carbocycles. The fourth-order valence-electron chi connectivity index (χ4n) is 6.42. The Bertz CT molecular complexity index is 2160. The van der Waals surface area contributed by atoms with E-state index >= 15 is 0 Å². The largest absolute Gasteiger partial charge is 0.496 e. The second-order valence-corrected chi connectivity index (χ2v) is 14.1. The SMILES string of the molecule is CCCCn1ncc(/C=C(\Cc2cc3c(cc2OC)CCO3)C(=O)OCCCCO[N+](=O)[O-])c1-c1ccc(Cl)cc1OCc1ccccc1C(=O)OCCCCO[N+](=O)[O-]. The lowest BCUT2D eigenvalue weighted by Gasteiger charge is -2.17. The van der Waals surface area contributed by atoms with Gasteiger partial charge in [0.05, 0.1) is 57.6 Å². The molecule has 60 heavy (non-hydrogen) atoms. The maximum absolute atomic E-state index is 13.9. The number of ether oxygens (including phenoxy) is 5. The zero-order valence-corrected chi connectivity index (χ0v) is 34.2. The van der Waals surface area contributed by atoms with Gasteiger partial charge in [-0.05, 0) is 74.6 Å². The van der Waals surface area contributed by atoms with Crippen molar-refractivity contribution in [3.63, 3.8) is 0 Å². The smallest absolute Gasteiger partial charge is 0.338 e. The summed E-state index contributed by atoms with van der Waals surface area (Å²) in [4.78, 5) is 56.6. The highest BCUT2D eigenvalue weighted by Crippen LogP contribution is 2.38. The normalized spacial score (nSPS) is 11.9. The lowest BCUT2D eigenvalue weighted by Crippen LogP contribution is -2.13. The van der Waals surface area contributed by atoms with Gasteiger partial charge in [-0.3, -0.25) is 4.68 Å². The molecule has 1 aliphatic heterocycles. The molecule has 0 fully saturated rings. The van der Waals surface area contributed by atoms with Gasteiger partial charge in [-0.1, -0.05) is 43.1 Å². The van der Waals surface area contributed by atoms with Crippen LogP contribution in [0.3, 0.4) is 0 Å². The minimum Gasteiger partial charge on any atom is -0.496 e. The van der Waals surface area contributed by atoms with Crippen LogP contribution in [0.1, 0.15) is 78.1 Å². The number of carbonyl (C=O) groups is 2. The summed E-state index contributed by atoms with van der Waals surface area (Å²) in [5.74, 6) is 0.533. The molecule has 17 nitrogen and oxygen atoms in total. The second-order valence-electron chi connectivity index (χ2n) is 13.6. The summed E-state index contributed by atoms with van der Waals surface area (Å²) < 4.78 is 31.0. The lowest BCUT2D eigenvalue weighted by molar-refractivity contribution is -0.757. The number of esters is 2. The molecule has 0 radical (unpaired) electrons. The van der Waals surface area contributed by atoms with Gasteiger partial charge >= 0.3 is 11.9 Å². The molecule has 0 bridgehead atoms. The topological polar surface area (TPSA) is 203 Å². The fraction of sp³-hybridized carbons (Fsp3) is 0.405. The van der Waals surface area contributed by atoms with Crippen molar-refractivity contribution in [2.24, 2.45) is 0 Å². The molecule has 0 spiro atoms. The molecule has 1 aromatic heterocycles. The summed E-state index contributed by atoms with van der Waals surface area (Å²) >= 11 is 6.54. The van der Waals surface area contributed by atoms with Crippen molar-refractivity contribution in [2.75, 3.05) is 40.1 Å². The number of rotatable bonds is 25. The third-order valence-electron chi connectivity index (χ3n) is 9.41. The van der Waals surface area contributed by atoms with Crippen LogP contribution in [0.2, 0.25) is 5.02 Å². The molecule has 5 rings (SSSR count). The summed E-state index contributed by atoms with van der Waals surface area (Å²) in [6.45, 7) is 2.97. The predicted molar refractivity (Wildman–Crippen MR) is 218 cm³/mol. The van der Waals surface area contributed by atoms with Crippen LogP contribution in [0.4, 0.5) is 0 Å². The van der Waals surface area contributed by atoms with Crippen LogP contribution in [0.5, 0.6) is 17.2 Å². The average Bonchev–Trinajstić information content (AvgIpc) is 3.87. The highest BCUT2D eigenvalue weighted by Gasteiger charge is 2.23. The van der Waals surface area contributed by atoms with Crippen molar-refractivity contribution in [2.45, 2.75) is 71.4 Å². The van der Waals surface area contributed by atoms with E-state index in [0.717, 1.165) is 30.6 Å². The van der Waals surface area contributed by atoms with Crippen molar-refractivity contribution in [1.82, 2.24) is 9.78 Å². The predicted octanol–water partition coefficient (Wildman–Crippen LogP) is 7.83. The molecular formula is C42H47ClN4O13. The number of aromatic nitrogens is 2. The van der Waals surface area contributed by atoms with E-state index < -0.39 is 22.1 Å². The number of aryl methyl sites for hydroxylation is 1. The minimum atomic E-state index is -0.866. The van der Waals surface area contributed by atoms with Crippen LogP contribution in [0, 0.1) is 20.2 Å². The second kappa shape index (κ2) is 22.7. The molecule has 0 atom stereocenters. The highest BCUT2D eigenvalue weighted by atomic mass is 35.5. The number of hydrogen-bond acceptors (Lipinski definition) is 14. The zero-order chi connectivity index (χ0) is 42.9. The van der Waals surface area contributed by atoms with E-state index in [4.69, 9.17) is 40.4 Å². The standard InChI is InChI=1S/C42H47ClN4O13/c1-3-4-16-45-40(36-14-13-34(43)26-39(36)58-28-30-11-5-6-12-35(30)42(49)57-18-8-10-20-60-47(52)53)33(27-44-45)23-32(41(48)56-17-7-9-19-59-46(50)51)22-31-25-38-29(15-21-55-38)24-37(31)54-2/h5-6,11-14,23-27H,3-4,7-10,15-22,28H2,1-2H3/b32-23+. The Morgan fingerprint density at radius 2 is 1.62 bits per heavy atom. The van der Waals surface area contributed by atoms with Crippen LogP contribution < -0.4 is 14.2 Å². The summed E-state index contributed by atoms with van der Waals surface area (Å²) in [7, 11) is 1.57. The maximum Gasteiger partial charge on any atom is 0.338 e. The molecule has 1 aliphatic rings. The van der Waals surface area contributed by atoms with Crippen LogP contribution in [-0.2, 0) is 49.9 Å². The van der Waals surface area contributed by atoms with E-state index in [1.807, 2.05) is 22.9 Å². The number of fused-ring (bicyclic) bond motifs is 1. The number of carbonyl (C=O) groups excluding carboxylic acids is 2. The summed E-state index contributed by atoms with van der Waals surface area (Å²) in [5.41, 5.74) is 4.71. The summed E-state index contributed by atoms with van der Waals surface area (Å²) in [6, 6.07) is 15.8.